The zero-order chi connectivity index (χ0) is 12.0. The standard InChI is InChI=1S/C12H13IO3/c1-3-15-12(14)8-9(2)16-11-7-5-4-6-10(11)13/h4-8H,3H2,1-2H3/b9-8+. The van der Waals surface area contributed by atoms with E-state index in [0.29, 0.717) is 12.4 Å². The Balaban J connectivity index is 2.67. The molecule has 16 heavy (non-hydrogen) atoms. The normalized spacial score (nSPS) is 11.1. The molecule has 1 rings (SSSR count). The summed E-state index contributed by atoms with van der Waals surface area (Å²) in [5.41, 5.74) is 0. The van der Waals surface area contributed by atoms with Crippen molar-refractivity contribution in [1.29, 1.82) is 0 Å². The van der Waals surface area contributed by atoms with Crippen LogP contribution in [0.2, 0.25) is 0 Å². The predicted octanol–water partition coefficient (Wildman–Crippen LogP) is 3.14. The molecule has 0 aliphatic rings. The van der Waals surface area contributed by atoms with Crippen LogP contribution in [0.15, 0.2) is 36.1 Å². The fourth-order valence-corrected chi connectivity index (χ4v) is 1.58. The number of hydrogen-bond donors (Lipinski definition) is 0. The molecule has 86 valence electrons. The average Bonchev–Trinajstić information content (AvgIpc) is 2.21. The first-order chi connectivity index (χ1) is 7.63. The average molecular weight is 332 g/mol. The summed E-state index contributed by atoms with van der Waals surface area (Å²) in [6.07, 6.45) is 1.34. The van der Waals surface area contributed by atoms with Gasteiger partial charge in [0.2, 0.25) is 0 Å². The Hall–Kier alpha value is -1.04. The van der Waals surface area contributed by atoms with Gasteiger partial charge >= 0.3 is 5.97 Å². The van der Waals surface area contributed by atoms with Crippen molar-refractivity contribution in [3.8, 4) is 5.75 Å². The number of hydrogen-bond acceptors (Lipinski definition) is 3. The van der Waals surface area contributed by atoms with Crippen LogP contribution in [0.5, 0.6) is 5.75 Å². The molecule has 0 atom stereocenters. The van der Waals surface area contributed by atoms with Crippen LogP contribution in [0.3, 0.4) is 0 Å². The first kappa shape index (κ1) is 13.0. The molecule has 0 saturated carbocycles. The molecule has 4 heteroatoms. The van der Waals surface area contributed by atoms with Gasteiger partial charge in [0.15, 0.2) is 0 Å². The number of carbonyl (C=O) groups excluding carboxylic acids is 1. The van der Waals surface area contributed by atoms with Gasteiger partial charge in [-0.1, -0.05) is 12.1 Å². The molecular weight excluding hydrogens is 319 g/mol. The van der Waals surface area contributed by atoms with Gasteiger partial charge in [-0.3, -0.25) is 0 Å². The summed E-state index contributed by atoms with van der Waals surface area (Å²) < 4.78 is 11.3. The molecule has 0 fully saturated rings. The summed E-state index contributed by atoms with van der Waals surface area (Å²) in [5, 5.41) is 0. The monoisotopic (exact) mass is 332 g/mol. The van der Waals surface area contributed by atoms with E-state index in [2.05, 4.69) is 22.6 Å². The SMILES string of the molecule is CCOC(=O)/C=C(\C)Oc1ccccc1I. The second-order valence-corrected chi connectivity index (χ2v) is 4.20. The van der Waals surface area contributed by atoms with E-state index in [9.17, 15) is 4.79 Å². The number of benzene rings is 1. The van der Waals surface area contributed by atoms with Gasteiger partial charge in [0.25, 0.3) is 0 Å². The molecule has 1 aromatic rings. The van der Waals surface area contributed by atoms with E-state index >= 15 is 0 Å². The van der Waals surface area contributed by atoms with Crippen LogP contribution >= 0.6 is 22.6 Å². The van der Waals surface area contributed by atoms with E-state index in [4.69, 9.17) is 9.47 Å². The Morgan fingerprint density at radius 2 is 2.12 bits per heavy atom. The Labute approximate surface area is 109 Å². The fraction of sp³-hybridized carbons (Fsp3) is 0.250. The molecule has 0 saturated heterocycles. The largest absolute Gasteiger partial charge is 0.463 e. The van der Waals surface area contributed by atoms with Crippen LogP contribution in [0, 0.1) is 3.57 Å². The second-order valence-electron chi connectivity index (χ2n) is 3.04. The van der Waals surface area contributed by atoms with Gasteiger partial charge in [-0.05, 0) is 48.6 Å². The summed E-state index contributed by atoms with van der Waals surface area (Å²) in [5.74, 6) is 0.870. The van der Waals surface area contributed by atoms with Gasteiger partial charge in [-0.2, -0.15) is 0 Å². The molecule has 0 aromatic heterocycles. The lowest BCUT2D eigenvalue weighted by Crippen LogP contribution is -2.03. The molecule has 1 aromatic carbocycles. The topological polar surface area (TPSA) is 35.5 Å². The Morgan fingerprint density at radius 1 is 1.44 bits per heavy atom. The Morgan fingerprint density at radius 3 is 2.75 bits per heavy atom. The molecule has 3 nitrogen and oxygen atoms in total. The summed E-state index contributed by atoms with van der Waals surface area (Å²) in [7, 11) is 0. The summed E-state index contributed by atoms with van der Waals surface area (Å²) in [6, 6.07) is 7.60. The van der Waals surface area contributed by atoms with Gasteiger partial charge in [-0.25, -0.2) is 4.79 Å². The third-order valence-electron chi connectivity index (χ3n) is 1.72. The van der Waals surface area contributed by atoms with E-state index in [1.54, 1.807) is 13.8 Å². The van der Waals surface area contributed by atoms with Crippen molar-refractivity contribution in [2.45, 2.75) is 13.8 Å². The third-order valence-corrected chi connectivity index (χ3v) is 2.61. The lowest BCUT2D eigenvalue weighted by atomic mass is 10.3. The van der Waals surface area contributed by atoms with Gasteiger partial charge in [0.05, 0.1) is 16.3 Å². The highest BCUT2D eigenvalue weighted by atomic mass is 127. The molecule has 0 heterocycles. The second kappa shape index (κ2) is 6.52. The van der Waals surface area contributed by atoms with Crippen LogP contribution < -0.4 is 4.74 Å². The number of ether oxygens (including phenoxy) is 2. The quantitative estimate of drug-likeness (QED) is 0.368. The minimum atomic E-state index is -0.383. The van der Waals surface area contributed by atoms with Crippen molar-refractivity contribution in [3.63, 3.8) is 0 Å². The fourth-order valence-electron chi connectivity index (χ4n) is 1.08. The van der Waals surface area contributed by atoms with Crippen molar-refractivity contribution in [3.05, 3.63) is 39.7 Å². The molecule has 0 radical (unpaired) electrons. The van der Waals surface area contributed by atoms with Crippen LogP contribution in [-0.2, 0) is 9.53 Å². The van der Waals surface area contributed by atoms with E-state index in [1.807, 2.05) is 24.3 Å². The summed E-state index contributed by atoms with van der Waals surface area (Å²) in [4.78, 5) is 11.1. The van der Waals surface area contributed by atoms with Crippen molar-refractivity contribution in [2.75, 3.05) is 6.61 Å². The van der Waals surface area contributed by atoms with Crippen molar-refractivity contribution in [1.82, 2.24) is 0 Å². The van der Waals surface area contributed by atoms with Crippen molar-refractivity contribution < 1.29 is 14.3 Å². The Bertz CT molecular complexity index is 399. The van der Waals surface area contributed by atoms with Gasteiger partial charge < -0.3 is 9.47 Å². The number of rotatable bonds is 4. The van der Waals surface area contributed by atoms with Gasteiger partial charge in [0, 0.05) is 0 Å². The maximum Gasteiger partial charge on any atom is 0.334 e. The number of para-hydroxylation sites is 1. The van der Waals surface area contributed by atoms with Crippen LogP contribution in [-0.4, -0.2) is 12.6 Å². The highest BCUT2D eigenvalue weighted by Gasteiger charge is 2.03. The highest BCUT2D eigenvalue weighted by molar-refractivity contribution is 14.1. The molecule has 0 aliphatic carbocycles. The maximum atomic E-state index is 11.1. The summed E-state index contributed by atoms with van der Waals surface area (Å²) >= 11 is 2.18. The minimum Gasteiger partial charge on any atom is -0.463 e. The van der Waals surface area contributed by atoms with Crippen molar-refractivity contribution in [2.24, 2.45) is 0 Å². The first-order valence-corrected chi connectivity index (χ1v) is 5.98. The molecule has 0 spiro atoms. The van der Waals surface area contributed by atoms with E-state index in [-0.39, 0.29) is 5.97 Å². The van der Waals surface area contributed by atoms with Crippen LogP contribution in [0.25, 0.3) is 0 Å². The molecule has 0 bridgehead atoms. The van der Waals surface area contributed by atoms with Crippen LogP contribution in [0.1, 0.15) is 13.8 Å². The zero-order valence-electron chi connectivity index (χ0n) is 9.20. The Kier molecular flexibility index (Phi) is 5.31. The summed E-state index contributed by atoms with van der Waals surface area (Å²) in [6.45, 7) is 3.85. The van der Waals surface area contributed by atoms with Crippen LogP contribution in [0.4, 0.5) is 0 Å². The molecular formula is C12H13IO3. The first-order valence-electron chi connectivity index (χ1n) is 4.91. The maximum absolute atomic E-state index is 11.1. The minimum absolute atomic E-state index is 0.367. The molecule has 0 aliphatic heterocycles. The third kappa shape index (κ3) is 4.22. The number of allylic oxidation sites excluding steroid dienone is 1. The zero-order valence-corrected chi connectivity index (χ0v) is 11.4. The van der Waals surface area contributed by atoms with Gasteiger partial charge in [0.1, 0.15) is 11.5 Å². The molecule has 0 amide bonds. The lowest BCUT2D eigenvalue weighted by molar-refractivity contribution is -0.137. The van der Waals surface area contributed by atoms with E-state index in [1.165, 1.54) is 6.08 Å². The number of halogens is 1. The molecule has 0 N–H and O–H groups in total. The number of esters is 1. The molecule has 0 unspecified atom stereocenters. The van der Waals surface area contributed by atoms with E-state index in [0.717, 1.165) is 9.32 Å². The predicted molar refractivity (Wildman–Crippen MR) is 70.2 cm³/mol. The smallest absolute Gasteiger partial charge is 0.334 e. The van der Waals surface area contributed by atoms with Crippen molar-refractivity contribution >= 4 is 28.6 Å². The lowest BCUT2D eigenvalue weighted by Gasteiger charge is -2.07. The highest BCUT2D eigenvalue weighted by Crippen LogP contribution is 2.21. The van der Waals surface area contributed by atoms with Gasteiger partial charge in [-0.15, -0.1) is 0 Å². The van der Waals surface area contributed by atoms with E-state index < -0.39 is 0 Å². The number of carbonyl (C=O) groups is 1.